The quantitative estimate of drug-likeness (QED) is 0.208. The van der Waals surface area contributed by atoms with E-state index in [1.165, 1.54) is 23.9 Å². The number of carbonyl (C=O) groups excluding carboxylic acids is 7. The highest BCUT2D eigenvalue weighted by molar-refractivity contribution is 6.38. The Bertz CT molecular complexity index is 1620. The van der Waals surface area contributed by atoms with Crippen LogP contribution >= 0.6 is 0 Å². The standard InChI is InChI=1S/C39H56F2N6O8/c1-9-13-25(31(49)33(51)42-20-26(48)44-28(34(52)46(7)8)22-14-11-10-12-15-22)43-32(50)30-27-24(38(27,5)6)21-47(30)35(53)29(45-36(54)55-37(2,3)4)23-16-18-39(40,41)19-17-23/h10-12,14-15,23-25,27-30H,9,13,16-21H2,1-8H3,(H,42,51)(H,43,50)(H,44,48)(H,45,54)/t24?,25?,27?,28-,29?,30?/m0/s1. The maximum Gasteiger partial charge on any atom is 0.408 e. The Morgan fingerprint density at radius 1 is 0.964 bits per heavy atom. The summed E-state index contributed by atoms with van der Waals surface area (Å²) in [5.41, 5.74) is -0.707. The summed E-state index contributed by atoms with van der Waals surface area (Å²) in [6, 6.07) is 3.91. The molecule has 0 spiro atoms. The summed E-state index contributed by atoms with van der Waals surface area (Å²) >= 11 is 0. The van der Waals surface area contributed by atoms with Crippen LogP contribution in [0.3, 0.4) is 0 Å². The van der Waals surface area contributed by atoms with Crippen molar-refractivity contribution in [2.75, 3.05) is 27.2 Å². The molecule has 6 amide bonds. The third-order valence-corrected chi connectivity index (χ3v) is 10.9. The minimum atomic E-state index is -2.88. The van der Waals surface area contributed by atoms with E-state index in [-0.39, 0.29) is 43.1 Å². The maximum absolute atomic E-state index is 14.3. The van der Waals surface area contributed by atoms with Crippen LogP contribution in [0.5, 0.6) is 0 Å². The second kappa shape index (κ2) is 17.0. The van der Waals surface area contributed by atoms with Crippen LogP contribution in [0, 0.1) is 23.2 Å². The first kappa shape index (κ1) is 43.1. The molecule has 1 saturated heterocycles. The number of halogens is 2. The van der Waals surface area contributed by atoms with E-state index in [4.69, 9.17) is 4.74 Å². The number of carbonyl (C=O) groups is 7. The van der Waals surface area contributed by atoms with Crippen molar-refractivity contribution in [3.05, 3.63) is 35.9 Å². The van der Waals surface area contributed by atoms with Crippen LogP contribution in [0.25, 0.3) is 0 Å². The van der Waals surface area contributed by atoms with E-state index in [0.717, 1.165) is 0 Å². The summed E-state index contributed by atoms with van der Waals surface area (Å²) in [6.07, 6.45) is -1.37. The molecule has 6 atom stereocenters. The molecule has 14 nitrogen and oxygen atoms in total. The number of likely N-dealkylation sites (N-methyl/N-ethyl adjacent to an activating group) is 1. The second-order valence-electron chi connectivity index (χ2n) is 16.7. The molecule has 1 aliphatic heterocycles. The molecule has 4 N–H and O–H groups in total. The highest BCUT2D eigenvalue weighted by Gasteiger charge is 2.70. The molecule has 0 aromatic heterocycles. The lowest BCUT2D eigenvalue weighted by Gasteiger charge is -2.38. The average Bonchev–Trinajstić information content (AvgIpc) is 3.41. The molecule has 55 heavy (non-hydrogen) atoms. The Labute approximate surface area is 321 Å². The average molecular weight is 775 g/mol. The molecule has 3 fully saturated rings. The maximum atomic E-state index is 14.3. The molecule has 3 aliphatic rings. The van der Waals surface area contributed by atoms with Gasteiger partial charge in [-0.15, -0.1) is 0 Å². The van der Waals surface area contributed by atoms with Gasteiger partial charge in [-0.1, -0.05) is 57.5 Å². The molecular formula is C39H56F2N6O8. The van der Waals surface area contributed by atoms with Gasteiger partial charge in [0.2, 0.25) is 35.3 Å². The molecule has 0 bridgehead atoms. The van der Waals surface area contributed by atoms with Crippen LogP contribution in [-0.4, -0.2) is 108 Å². The third-order valence-electron chi connectivity index (χ3n) is 10.9. The van der Waals surface area contributed by atoms with Crippen LogP contribution in [0.4, 0.5) is 13.6 Å². The van der Waals surface area contributed by atoms with Gasteiger partial charge in [-0.05, 0) is 68.8 Å². The van der Waals surface area contributed by atoms with Crippen molar-refractivity contribution < 1.29 is 47.1 Å². The molecular weight excluding hydrogens is 718 g/mol. The number of rotatable bonds is 14. The largest absolute Gasteiger partial charge is 0.444 e. The van der Waals surface area contributed by atoms with Crippen molar-refractivity contribution in [1.29, 1.82) is 0 Å². The van der Waals surface area contributed by atoms with Crippen molar-refractivity contribution in [3.63, 3.8) is 0 Å². The number of amides is 6. The number of nitrogens with zero attached hydrogens (tertiary/aromatic N) is 2. The number of hydrogen-bond acceptors (Lipinski definition) is 8. The molecule has 16 heteroatoms. The van der Waals surface area contributed by atoms with E-state index in [9.17, 15) is 42.3 Å². The van der Waals surface area contributed by atoms with Crippen LogP contribution in [0.2, 0.25) is 0 Å². The molecule has 2 aliphatic carbocycles. The molecule has 2 saturated carbocycles. The molecule has 1 aromatic rings. The fraction of sp³-hybridized carbons (Fsp3) is 0.667. The highest BCUT2D eigenvalue weighted by atomic mass is 19.3. The van der Waals surface area contributed by atoms with E-state index in [1.807, 2.05) is 13.8 Å². The van der Waals surface area contributed by atoms with Gasteiger partial charge in [0.25, 0.3) is 5.91 Å². The number of alkyl carbamates (subject to hydrolysis) is 1. The Morgan fingerprint density at radius 3 is 2.15 bits per heavy atom. The fourth-order valence-electron chi connectivity index (χ4n) is 7.83. The summed E-state index contributed by atoms with van der Waals surface area (Å²) in [5.74, 6) is -8.41. The molecule has 1 aromatic carbocycles. The van der Waals surface area contributed by atoms with Gasteiger partial charge < -0.3 is 35.8 Å². The summed E-state index contributed by atoms with van der Waals surface area (Å²) in [5, 5.41) is 10.2. The highest BCUT2D eigenvalue weighted by Crippen LogP contribution is 2.65. The van der Waals surface area contributed by atoms with Crippen molar-refractivity contribution >= 4 is 41.4 Å². The van der Waals surface area contributed by atoms with Crippen LogP contribution in [-0.2, 0) is 33.5 Å². The first-order valence-electron chi connectivity index (χ1n) is 18.9. The van der Waals surface area contributed by atoms with E-state index in [2.05, 4.69) is 21.3 Å². The molecule has 304 valence electrons. The van der Waals surface area contributed by atoms with Gasteiger partial charge in [-0.25, -0.2) is 13.6 Å². The number of likely N-dealkylation sites (tertiary alicyclic amines) is 1. The summed E-state index contributed by atoms with van der Waals surface area (Å²) < 4.78 is 33.7. The molecule has 4 rings (SSSR count). The Morgan fingerprint density at radius 2 is 1.58 bits per heavy atom. The molecule has 5 unspecified atom stereocenters. The van der Waals surface area contributed by atoms with Gasteiger partial charge in [-0.2, -0.15) is 0 Å². The van der Waals surface area contributed by atoms with Gasteiger partial charge in [0.05, 0.1) is 12.6 Å². The minimum absolute atomic E-state index is 0.0264. The Hall–Kier alpha value is -4.63. The predicted octanol–water partition coefficient (Wildman–Crippen LogP) is 3.10. The smallest absolute Gasteiger partial charge is 0.408 e. The van der Waals surface area contributed by atoms with Crippen molar-refractivity contribution in [2.24, 2.45) is 23.2 Å². The van der Waals surface area contributed by atoms with Gasteiger partial charge in [0, 0.05) is 33.5 Å². The minimum Gasteiger partial charge on any atom is -0.444 e. The summed E-state index contributed by atoms with van der Waals surface area (Å²) in [4.78, 5) is 96.3. The molecule has 0 radical (unpaired) electrons. The van der Waals surface area contributed by atoms with Crippen molar-refractivity contribution in [2.45, 2.75) is 116 Å². The zero-order valence-electron chi connectivity index (χ0n) is 33.0. The van der Waals surface area contributed by atoms with Gasteiger partial charge >= 0.3 is 6.09 Å². The summed E-state index contributed by atoms with van der Waals surface area (Å²) in [6.45, 7) is 10.2. The lowest BCUT2D eigenvalue weighted by Crippen LogP contribution is -2.60. The normalized spacial score (nSPS) is 22.9. The van der Waals surface area contributed by atoms with Gasteiger partial charge in [0.1, 0.15) is 23.7 Å². The van der Waals surface area contributed by atoms with Crippen molar-refractivity contribution in [3.8, 4) is 0 Å². The van der Waals surface area contributed by atoms with E-state index in [0.29, 0.717) is 12.0 Å². The van der Waals surface area contributed by atoms with Gasteiger partial charge in [0.15, 0.2) is 0 Å². The number of alkyl halides is 2. The lowest BCUT2D eigenvalue weighted by molar-refractivity contribution is -0.145. The van der Waals surface area contributed by atoms with E-state index in [1.54, 1.807) is 58.0 Å². The zero-order chi connectivity index (χ0) is 41.0. The lowest BCUT2D eigenvalue weighted by atomic mass is 9.81. The number of ether oxygens (including phenoxy) is 1. The number of nitrogens with one attached hydrogen (secondary N) is 4. The number of ketones is 1. The van der Waals surface area contributed by atoms with Crippen LogP contribution in [0.1, 0.15) is 91.7 Å². The Kier molecular flexibility index (Phi) is 13.3. The number of fused-ring (bicyclic) bond motifs is 1. The fourth-order valence-corrected chi connectivity index (χ4v) is 7.83. The molecule has 1 heterocycles. The number of benzene rings is 1. The third kappa shape index (κ3) is 10.6. The van der Waals surface area contributed by atoms with E-state index >= 15 is 0 Å². The topological polar surface area (TPSA) is 183 Å². The first-order chi connectivity index (χ1) is 25.6. The second-order valence-corrected chi connectivity index (χ2v) is 16.7. The first-order valence-corrected chi connectivity index (χ1v) is 18.9. The predicted molar refractivity (Wildman–Crippen MR) is 197 cm³/mol. The van der Waals surface area contributed by atoms with E-state index < -0.39 is 102 Å². The number of piperidine rings is 1. The zero-order valence-corrected chi connectivity index (χ0v) is 33.0. The van der Waals surface area contributed by atoms with Crippen LogP contribution < -0.4 is 21.3 Å². The van der Waals surface area contributed by atoms with Crippen LogP contribution in [0.15, 0.2) is 30.3 Å². The summed E-state index contributed by atoms with van der Waals surface area (Å²) in [7, 11) is 3.08. The number of Topliss-reactive ketones (excluding diaryl/α,β-unsaturated/α-hetero) is 1. The van der Waals surface area contributed by atoms with Crippen molar-refractivity contribution in [1.82, 2.24) is 31.1 Å². The Balaban J connectivity index is 1.47. The monoisotopic (exact) mass is 774 g/mol. The number of hydrogen-bond donors (Lipinski definition) is 4. The SMILES string of the molecule is CCCC(NC(=O)C1C2C(CN1C(=O)C(NC(=O)OC(C)(C)C)C1CCC(F)(F)CC1)C2(C)C)C(=O)C(=O)NCC(=O)N[C@H](C(=O)N(C)C)c1ccccc1. The van der Waals surface area contributed by atoms with Gasteiger partial charge in [-0.3, -0.25) is 28.8 Å².